The molecule has 5 nitrogen and oxygen atoms in total. The molecular weight excluding hydrogens is 227 g/mol. The van der Waals surface area contributed by atoms with Gasteiger partial charge in [-0.1, -0.05) is 0 Å². The second kappa shape index (κ2) is 5.09. The summed E-state index contributed by atoms with van der Waals surface area (Å²) in [5.74, 6) is -0.488. The van der Waals surface area contributed by atoms with Crippen LogP contribution in [-0.2, 0) is 0 Å². The molecule has 1 heterocycles. The monoisotopic (exact) mass is 240 g/mol. The third-order valence-corrected chi connectivity index (χ3v) is 2.70. The quantitative estimate of drug-likeness (QED) is 0.647. The number of ether oxygens (including phenoxy) is 1. The van der Waals surface area contributed by atoms with Crippen LogP contribution in [0.15, 0.2) is 18.2 Å². The van der Waals surface area contributed by atoms with Crippen LogP contribution in [0.2, 0.25) is 0 Å². The molecule has 0 aromatic heterocycles. The second-order valence-corrected chi connectivity index (χ2v) is 3.94. The van der Waals surface area contributed by atoms with E-state index >= 15 is 0 Å². The van der Waals surface area contributed by atoms with Gasteiger partial charge in [-0.2, -0.15) is 0 Å². The van der Waals surface area contributed by atoms with Crippen molar-refractivity contribution in [3.05, 3.63) is 34.1 Å². The van der Waals surface area contributed by atoms with Crippen molar-refractivity contribution in [2.45, 2.75) is 18.9 Å². The predicted octanol–water partition coefficient (Wildman–Crippen LogP) is 1.86. The van der Waals surface area contributed by atoms with E-state index in [9.17, 15) is 14.5 Å². The number of piperidine rings is 1. The molecule has 0 amide bonds. The molecule has 1 aliphatic rings. The van der Waals surface area contributed by atoms with Gasteiger partial charge in [0.1, 0.15) is 11.9 Å². The smallest absolute Gasteiger partial charge is 0.313 e. The van der Waals surface area contributed by atoms with Gasteiger partial charge < -0.3 is 10.1 Å². The van der Waals surface area contributed by atoms with E-state index in [1.807, 2.05) is 0 Å². The molecule has 1 N–H and O–H groups in total. The Morgan fingerprint density at radius 3 is 2.76 bits per heavy atom. The largest absolute Gasteiger partial charge is 0.483 e. The van der Waals surface area contributed by atoms with Crippen molar-refractivity contribution in [2.75, 3.05) is 13.1 Å². The molecule has 0 aliphatic carbocycles. The maximum Gasteiger partial charge on any atom is 0.313 e. The first-order valence-corrected chi connectivity index (χ1v) is 5.48. The summed E-state index contributed by atoms with van der Waals surface area (Å²) in [5, 5.41) is 13.9. The molecule has 0 saturated carbocycles. The van der Waals surface area contributed by atoms with Crippen molar-refractivity contribution in [2.24, 2.45) is 0 Å². The fraction of sp³-hybridized carbons (Fsp3) is 0.455. The number of rotatable bonds is 3. The van der Waals surface area contributed by atoms with Crippen LogP contribution in [0.1, 0.15) is 12.8 Å². The first-order valence-electron chi connectivity index (χ1n) is 5.48. The Bertz CT molecular complexity index is 419. The highest BCUT2D eigenvalue weighted by molar-refractivity contribution is 5.46. The zero-order chi connectivity index (χ0) is 12.3. The van der Waals surface area contributed by atoms with E-state index in [2.05, 4.69) is 5.32 Å². The lowest BCUT2D eigenvalue weighted by molar-refractivity contribution is -0.386. The zero-order valence-corrected chi connectivity index (χ0v) is 9.19. The number of halogens is 1. The molecule has 2 rings (SSSR count). The summed E-state index contributed by atoms with van der Waals surface area (Å²) >= 11 is 0. The van der Waals surface area contributed by atoms with Crippen LogP contribution in [0.4, 0.5) is 10.1 Å². The van der Waals surface area contributed by atoms with Gasteiger partial charge in [0, 0.05) is 0 Å². The molecule has 1 saturated heterocycles. The number of nitrogens with zero attached hydrogens (tertiary/aromatic N) is 1. The molecule has 0 atom stereocenters. The number of benzene rings is 1. The summed E-state index contributed by atoms with van der Waals surface area (Å²) in [7, 11) is 0. The van der Waals surface area contributed by atoms with Gasteiger partial charge in [0.25, 0.3) is 0 Å². The van der Waals surface area contributed by atoms with Crippen molar-refractivity contribution in [1.29, 1.82) is 0 Å². The number of hydrogen-bond acceptors (Lipinski definition) is 4. The van der Waals surface area contributed by atoms with E-state index in [1.54, 1.807) is 0 Å². The van der Waals surface area contributed by atoms with Gasteiger partial charge in [0.15, 0.2) is 5.75 Å². The van der Waals surface area contributed by atoms with E-state index in [-0.39, 0.29) is 17.5 Å². The lowest BCUT2D eigenvalue weighted by Gasteiger charge is -2.23. The van der Waals surface area contributed by atoms with E-state index in [1.165, 1.54) is 12.1 Å². The van der Waals surface area contributed by atoms with E-state index in [0.29, 0.717) is 0 Å². The van der Waals surface area contributed by atoms with Crippen LogP contribution < -0.4 is 10.1 Å². The van der Waals surface area contributed by atoms with Crippen molar-refractivity contribution in [3.63, 3.8) is 0 Å². The standard InChI is InChI=1S/C11H13FN2O3/c12-8-1-2-11(10(7-8)14(15)16)17-9-3-5-13-6-4-9/h1-2,7,9,13H,3-6H2. The molecule has 17 heavy (non-hydrogen) atoms. The second-order valence-electron chi connectivity index (χ2n) is 3.94. The summed E-state index contributed by atoms with van der Waals surface area (Å²) < 4.78 is 18.5. The maximum absolute atomic E-state index is 12.9. The first-order chi connectivity index (χ1) is 8.16. The molecule has 1 fully saturated rings. The van der Waals surface area contributed by atoms with Gasteiger partial charge in [-0.25, -0.2) is 4.39 Å². The molecule has 1 aromatic rings. The van der Waals surface area contributed by atoms with Gasteiger partial charge >= 0.3 is 5.69 Å². The molecule has 92 valence electrons. The lowest BCUT2D eigenvalue weighted by atomic mass is 10.1. The minimum absolute atomic E-state index is 0.0413. The third-order valence-electron chi connectivity index (χ3n) is 2.70. The topological polar surface area (TPSA) is 64.4 Å². The average molecular weight is 240 g/mol. The van der Waals surface area contributed by atoms with E-state index < -0.39 is 10.7 Å². The number of hydrogen-bond donors (Lipinski definition) is 1. The number of nitrogens with one attached hydrogen (secondary N) is 1. The molecule has 1 aliphatic heterocycles. The maximum atomic E-state index is 12.9. The Labute approximate surface area is 97.7 Å². The Morgan fingerprint density at radius 2 is 2.12 bits per heavy atom. The van der Waals surface area contributed by atoms with Gasteiger partial charge in [-0.3, -0.25) is 10.1 Å². The fourth-order valence-corrected chi connectivity index (χ4v) is 1.83. The average Bonchev–Trinajstić information content (AvgIpc) is 2.32. The molecule has 6 heteroatoms. The van der Waals surface area contributed by atoms with Crippen LogP contribution in [-0.4, -0.2) is 24.1 Å². The summed E-state index contributed by atoms with van der Waals surface area (Å²) in [6.07, 6.45) is 1.56. The Kier molecular flexibility index (Phi) is 3.53. The number of nitro groups is 1. The summed E-state index contributed by atoms with van der Waals surface area (Å²) in [5.41, 5.74) is -0.316. The summed E-state index contributed by atoms with van der Waals surface area (Å²) in [6.45, 7) is 1.67. The molecular formula is C11H13FN2O3. The molecule has 1 aromatic carbocycles. The van der Waals surface area contributed by atoms with Crippen molar-refractivity contribution < 1.29 is 14.1 Å². The Hall–Kier alpha value is -1.69. The van der Waals surface area contributed by atoms with Crippen LogP contribution in [0.3, 0.4) is 0 Å². The van der Waals surface area contributed by atoms with Gasteiger partial charge in [-0.05, 0) is 38.1 Å². The minimum Gasteiger partial charge on any atom is -0.483 e. The van der Waals surface area contributed by atoms with Gasteiger partial charge in [0.2, 0.25) is 0 Å². The van der Waals surface area contributed by atoms with Gasteiger partial charge in [0.05, 0.1) is 11.0 Å². The minimum atomic E-state index is -0.630. The highest BCUT2D eigenvalue weighted by Crippen LogP contribution is 2.29. The SMILES string of the molecule is O=[N+]([O-])c1cc(F)ccc1OC1CCNCC1. The van der Waals surface area contributed by atoms with Crippen molar-refractivity contribution in [3.8, 4) is 5.75 Å². The number of nitro benzene ring substituents is 1. The Morgan fingerprint density at radius 1 is 1.41 bits per heavy atom. The van der Waals surface area contributed by atoms with E-state index in [0.717, 1.165) is 32.0 Å². The van der Waals surface area contributed by atoms with Crippen LogP contribution in [0.25, 0.3) is 0 Å². The molecule has 0 bridgehead atoms. The molecule has 0 unspecified atom stereocenters. The predicted molar refractivity (Wildman–Crippen MR) is 59.6 cm³/mol. The van der Waals surface area contributed by atoms with Crippen molar-refractivity contribution in [1.82, 2.24) is 5.32 Å². The van der Waals surface area contributed by atoms with Crippen LogP contribution in [0, 0.1) is 15.9 Å². The molecule has 0 spiro atoms. The van der Waals surface area contributed by atoms with Crippen molar-refractivity contribution >= 4 is 5.69 Å². The Balaban J connectivity index is 2.16. The van der Waals surface area contributed by atoms with E-state index in [4.69, 9.17) is 4.74 Å². The zero-order valence-electron chi connectivity index (χ0n) is 9.19. The first kappa shape index (κ1) is 11.8. The van der Waals surface area contributed by atoms with Crippen LogP contribution in [0.5, 0.6) is 5.75 Å². The third kappa shape index (κ3) is 2.91. The summed E-state index contributed by atoms with van der Waals surface area (Å²) in [4.78, 5) is 10.1. The lowest BCUT2D eigenvalue weighted by Crippen LogP contribution is -2.34. The normalized spacial score (nSPS) is 16.8. The molecule has 0 radical (unpaired) electrons. The highest BCUT2D eigenvalue weighted by atomic mass is 19.1. The van der Waals surface area contributed by atoms with Gasteiger partial charge in [-0.15, -0.1) is 0 Å². The highest BCUT2D eigenvalue weighted by Gasteiger charge is 2.21. The summed E-state index contributed by atoms with van der Waals surface area (Å²) in [6, 6.07) is 3.37. The fourth-order valence-electron chi connectivity index (χ4n) is 1.83. The van der Waals surface area contributed by atoms with Crippen LogP contribution >= 0.6 is 0 Å².